The summed E-state index contributed by atoms with van der Waals surface area (Å²) in [6.45, 7) is 4.90. The van der Waals surface area contributed by atoms with Gasteiger partial charge in [0.05, 0.1) is 25.0 Å². The second-order valence-electron chi connectivity index (χ2n) is 6.43. The van der Waals surface area contributed by atoms with Crippen LogP contribution in [-0.4, -0.2) is 60.5 Å². The Kier molecular flexibility index (Phi) is 6.28. The molecule has 1 atom stereocenters. The lowest BCUT2D eigenvalue weighted by Gasteiger charge is -2.37. The first kappa shape index (κ1) is 17.7. The van der Waals surface area contributed by atoms with Crippen LogP contribution in [0, 0.1) is 0 Å². The molecule has 5 heteroatoms. The van der Waals surface area contributed by atoms with E-state index < -0.39 is 6.10 Å². The van der Waals surface area contributed by atoms with Gasteiger partial charge in [-0.2, -0.15) is 0 Å². The highest BCUT2D eigenvalue weighted by Gasteiger charge is 2.20. The standard InChI is InChI=1S/C20H26N2O3/c23-18(16-25-15-17-6-2-1-3-7-17)14-21-10-12-22(13-11-21)19-8-4-5-9-20(19)24/h1-9,18,23-24H,10-16H2. The number of piperazine rings is 1. The van der Waals surface area contributed by atoms with E-state index in [4.69, 9.17) is 4.74 Å². The van der Waals surface area contributed by atoms with Gasteiger partial charge in [0, 0.05) is 32.7 Å². The third-order valence-electron chi connectivity index (χ3n) is 4.49. The lowest BCUT2D eigenvalue weighted by Crippen LogP contribution is -2.49. The summed E-state index contributed by atoms with van der Waals surface area (Å²) < 4.78 is 5.61. The van der Waals surface area contributed by atoms with Crippen LogP contribution in [0.1, 0.15) is 5.56 Å². The lowest BCUT2D eigenvalue weighted by atomic mass is 10.2. The summed E-state index contributed by atoms with van der Waals surface area (Å²) in [5.74, 6) is 0.324. The maximum atomic E-state index is 10.2. The monoisotopic (exact) mass is 342 g/mol. The van der Waals surface area contributed by atoms with Crippen LogP contribution in [0.15, 0.2) is 54.6 Å². The van der Waals surface area contributed by atoms with Crippen LogP contribution < -0.4 is 4.90 Å². The zero-order chi connectivity index (χ0) is 17.5. The Labute approximate surface area is 149 Å². The van der Waals surface area contributed by atoms with E-state index in [-0.39, 0.29) is 0 Å². The summed E-state index contributed by atoms with van der Waals surface area (Å²) in [5, 5.41) is 20.1. The van der Waals surface area contributed by atoms with Crippen molar-refractivity contribution in [1.29, 1.82) is 0 Å². The molecule has 5 nitrogen and oxygen atoms in total. The maximum absolute atomic E-state index is 10.2. The third-order valence-corrected chi connectivity index (χ3v) is 4.49. The quantitative estimate of drug-likeness (QED) is 0.807. The first-order chi connectivity index (χ1) is 12.2. The van der Waals surface area contributed by atoms with E-state index in [1.54, 1.807) is 6.07 Å². The minimum atomic E-state index is -0.486. The van der Waals surface area contributed by atoms with E-state index in [0.717, 1.165) is 37.4 Å². The van der Waals surface area contributed by atoms with Crippen molar-refractivity contribution in [1.82, 2.24) is 4.90 Å². The number of ether oxygens (including phenoxy) is 1. The molecule has 134 valence electrons. The second kappa shape index (κ2) is 8.85. The van der Waals surface area contributed by atoms with Crippen molar-refractivity contribution in [2.75, 3.05) is 44.2 Å². The SMILES string of the molecule is Oc1ccccc1N1CCN(CC(O)COCc2ccccc2)CC1. The number of para-hydroxylation sites is 2. The molecular formula is C20H26N2O3. The van der Waals surface area contributed by atoms with Gasteiger partial charge in [0.15, 0.2) is 0 Å². The van der Waals surface area contributed by atoms with Gasteiger partial charge in [-0.05, 0) is 17.7 Å². The van der Waals surface area contributed by atoms with Crippen LogP contribution in [0.3, 0.4) is 0 Å². The minimum absolute atomic E-state index is 0.324. The smallest absolute Gasteiger partial charge is 0.138 e. The number of β-amino-alcohol motifs (C(OH)–C–C–N with tert-alkyl or cyclic N) is 1. The van der Waals surface area contributed by atoms with Crippen LogP contribution in [0.2, 0.25) is 0 Å². The van der Waals surface area contributed by atoms with Crippen molar-refractivity contribution < 1.29 is 14.9 Å². The highest BCUT2D eigenvalue weighted by atomic mass is 16.5. The van der Waals surface area contributed by atoms with Crippen molar-refractivity contribution in [2.45, 2.75) is 12.7 Å². The van der Waals surface area contributed by atoms with Crippen molar-refractivity contribution >= 4 is 5.69 Å². The molecule has 1 aliphatic heterocycles. The number of phenols is 1. The minimum Gasteiger partial charge on any atom is -0.506 e. The molecule has 2 aromatic rings. The third kappa shape index (κ3) is 5.19. The number of aliphatic hydroxyl groups excluding tert-OH is 1. The molecule has 0 spiro atoms. The predicted molar refractivity (Wildman–Crippen MR) is 98.9 cm³/mol. The molecule has 1 fully saturated rings. The molecule has 0 bridgehead atoms. The fourth-order valence-corrected chi connectivity index (χ4v) is 3.14. The van der Waals surface area contributed by atoms with Crippen LogP contribution in [-0.2, 0) is 11.3 Å². The molecule has 0 aromatic heterocycles. The van der Waals surface area contributed by atoms with E-state index in [9.17, 15) is 10.2 Å². The number of nitrogens with zero attached hydrogens (tertiary/aromatic N) is 2. The van der Waals surface area contributed by atoms with Gasteiger partial charge < -0.3 is 19.8 Å². The first-order valence-electron chi connectivity index (χ1n) is 8.77. The zero-order valence-electron chi connectivity index (χ0n) is 14.4. The Morgan fingerprint density at radius 1 is 0.920 bits per heavy atom. The Morgan fingerprint density at radius 3 is 2.32 bits per heavy atom. The van der Waals surface area contributed by atoms with Gasteiger partial charge in [-0.3, -0.25) is 4.90 Å². The van der Waals surface area contributed by atoms with Crippen LogP contribution in [0.5, 0.6) is 5.75 Å². The zero-order valence-corrected chi connectivity index (χ0v) is 14.4. The molecule has 0 aliphatic carbocycles. The molecule has 25 heavy (non-hydrogen) atoms. The molecule has 3 rings (SSSR count). The normalized spacial score (nSPS) is 16.8. The average molecular weight is 342 g/mol. The summed E-state index contributed by atoms with van der Waals surface area (Å²) in [4.78, 5) is 4.43. The molecule has 1 saturated heterocycles. The molecule has 2 aromatic carbocycles. The Hall–Kier alpha value is -2.08. The highest BCUT2D eigenvalue weighted by molar-refractivity contribution is 5.57. The summed E-state index contributed by atoms with van der Waals surface area (Å²) in [7, 11) is 0. The van der Waals surface area contributed by atoms with Crippen molar-refractivity contribution in [3.05, 3.63) is 60.2 Å². The topological polar surface area (TPSA) is 56.2 Å². The Bertz CT molecular complexity index is 642. The average Bonchev–Trinajstić information content (AvgIpc) is 2.64. The van der Waals surface area contributed by atoms with Crippen LogP contribution in [0.4, 0.5) is 5.69 Å². The van der Waals surface area contributed by atoms with Gasteiger partial charge in [0.25, 0.3) is 0 Å². The highest BCUT2D eigenvalue weighted by Crippen LogP contribution is 2.27. The molecule has 1 unspecified atom stereocenters. The second-order valence-corrected chi connectivity index (χ2v) is 6.43. The number of rotatable bonds is 7. The van der Waals surface area contributed by atoms with Gasteiger partial charge in [0.1, 0.15) is 5.75 Å². The van der Waals surface area contributed by atoms with E-state index >= 15 is 0 Å². The number of hydrogen-bond donors (Lipinski definition) is 2. The fourth-order valence-electron chi connectivity index (χ4n) is 3.14. The van der Waals surface area contributed by atoms with Crippen LogP contribution >= 0.6 is 0 Å². The fraction of sp³-hybridized carbons (Fsp3) is 0.400. The van der Waals surface area contributed by atoms with E-state index in [1.165, 1.54) is 0 Å². The molecule has 1 heterocycles. The summed E-state index contributed by atoms with van der Waals surface area (Å²) in [6, 6.07) is 17.4. The number of aromatic hydroxyl groups is 1. The van der Waals surface area contributed by atoms with Gasteiger partial charge in [0.2, 0.25) is 0 Å². The van der Waals surface area contributed by atoms with Gasteiger partial charge in [-0.1, -0.05) is 42.5 Å². The van der Waals surface area contributed by atoms with Crippen LogP contribution in [0.25, 0.3) is 0 Å². The molecule has 0 saturated carbocycles. The van der Waals surface area contributed by atoms with Crippen molar-refractivity contribution in [3.63, 3.8) is 0 Å². The molecule has 0 radical (unpaired) electrons. The van der Waals surface area contributed by atoms with Crippen molar-refractivity contribution in [3.8, 4) is 5.75 Å². The van der Waals surface area contributed by atoms with E-state index in [1.807, 2.05) is 48.5 Å². The molecule has 2 N–H and O–H groups in total. The molecule has 0 amide bonds. The number of aliphatic hydroxyl groups is 1. The molecule has 1 aliphatic rings. The summed E-state index contributed by atoms with van der Waals surface area (Å²) in [5.41, 5.74) is 2.00. The number of benzene rings is 2. The van der Waals surface area contributed by atoms with Gasteiger partial charge in [-0.25, -0.2) is 0 Å². The van der Waals surface area contributed by atoms with Gasteiger partial charge >= 0.3 is 0 Å². The lowest BCUT2D eigenvalue weighted by molar-refractivity contribution is 0.00913. The summed E-state index contributed by atoms with van der Waals surface area (Å²) >= 11 is 0. The summed E-state index contributed by atoms with van der Waals surface area (Å²) in [6.07, 6.45) is -0.486. The van der Waals surface area contributed by atoms with Gasteiger partial charge in [-0.15, -0.1) is 0 Å². The predicted octanol–water partition coefficient (Wildman–Crippen LogP) is 2.09. The largest absolute Gasteiger partial charge is 0.506 e. The van der Waals surface area contributed by atoms with E-state index in [2.05, 4.69) is 9.80 Å². The Morgan fingerprint density at radius 2 is 1.60 bits per heavy atom. The van der Waals surface area contributed by atoms with Crippen molar-refractivity contribution in [2.24, 2.45) is 0 Å². The maximum Gasteiger partial charge on any atom is 0.138 e. The Balaban J connectivity index is 1.38. The number of phenolic OH excluding ortho intramolecular Hbond substituents is 1. The number of hydrogen-bond acceptors (Lipinski definition) is 5. The molecular weight excluding hydrogens is 316 g/mol. The number of anilines is 1. The van der Waals surface area contributed by atoms with E-state index in [0.29, 0.717) is 25.5 Å². The first-order valence-corrected chi connectivity index (χ1v) is 8.77.